The second-order valence-corrected chi connectivity index (χ2v) is 17.6. The van der Waals surface area contributed by atoms with E-state index in [-0.39, 0.29) is 0 Å². The third-order valence-corrected chi connectivity index (χ3v) is 13.5. The maximum Gasteiger partial charge on any atom is 0.101 e. The van der Waals surface area contributed by atoms with Crippen LogP contribution in [0.25, 0.3) is 111 Å². The van der Waals surface area contributed by atoms with Gasteiger partial charge in [0.15, 0.2) is 0 Å². The van der Waals surface area contributed by atoms with Crippen molar-refractivity contribution >= 4 is 43.6 Å². The molecule has 0 aliphatic carbocycles. The molecule has 0 unspecified atom stereocenters. The van der Waals surface area contributed by atoms with Crippen molar-refractivity contribution in [2.24, 2.45) is 0 Å². The van der Waals surface area contributed by atoms with Gasteiger partial charge in [0.1, 0.15) is 6.07 Å². The number of hydrogen-bond donors (Lipinski definition) is 0. The molecular weight excluding hydrogens is 881 g/mol. The Morgan fingerprint density at radius 3 is 0.958 bits per heavy atom. The minimum absolute atomic E-state index is 0.418. The molecule has 3 heterocycles. The van der Waals surface area contributed by atoms with Gasteiger partial charge in [-0.25, -0.2) is 0 Å². The average molecular weight is 915 g/mol. The highest BCUT2D eigenvalue weighted by atomic mass is 15.0. The van der Waals surface area contributed by atoms with Gasteiger partial charge in [-0.3, -0.25) is 4.98 Å². The van der Waals surface area contributed by atoms with Gasteiger partial charge in [0, 0.05) is 39.5 Å². The highest BCUT2D eigenvalue weighted by Crippen LogP contribution is 2.44. The van der Waals surface area contributed by atoms with Crippen molar-refractivity contribution in [2.75, 3.05) is 0 Å². The molecule has 0 radical (unpaired) electrons. The van der Waals surface area contributed by atoms with Gasteiger partial charge in [-0.05, 0) is 147 Å². The van der Waals surface area contributed by atoms with Crippen LogP contribution in [0.2, 0.25) is 0 Å². The predicted molar refractivity (Wildman–Crippen MR) is 284 cm³/mol. The van der Waals surface area contributed by atoms with Gasteiger partial charge >= 0.3 is 0 Å². The van der Waals surface area contributed by atoms with Gasteiger partial charge in [-0.1, -0.05) is 97.1 Å². The third kappa shape index (κ3) is 7.17. The van der Waals surface area contributed by atoms with Crippen molar-refractivity contribution in [3.05, 3.63) is 234 Å². The highest BCUT2D eigenvalue weighted by molar-refractivity contribution is 6.13. The van der Waals surface area contributed by atoms with E-state index in [1.54, 1.807) is 36.7 Å². The first-order chi connectivity index (χ1) is 35.4. The molecule has 3 aromatic heterocycles. The van der Waals surface area contributed by atoms with Crippen LogP contribution in [0.1, 0.15) is 27.8 Å². The maximum atomic E-state index is 11.5. The van der Waals surface area contributed by atoms with Crippen LogP contribution in [0.15, 0.2) is 207 Å². The molecule has 8 heteroatoms. The molecule has 12 rings (SSSR count). The van der Waals surface area contributed by atoms with Crippen molar-refractivity contribution in [2.45, 2.75) is 0 Å². The van der Waals surface area contributed by atoms with E-state index in [9.17, 15) is 26.3 Å². The number of fused-ring (bicyclic) bond motifs is 6. The number of aromatic nitrogens is 3. The van der Waals surface area contributed by atoms with E-state index >= 15 is 0 Å². The number of benzene rings is 9. The quantitative estimate of drug-likeness (QED) is 0.156. The molecule has 0 fully saturated rings. The molecule has 330 valence electrons. The number of nitriles is 5. The first kappa shape index (κ1) is 42.5. The summed E-state index contributed by atoms with van der Waals surface area (Å²) in [6.07, 6.45) is 3.54. The summed E-state index contributed by atoms with van der Waals surface area (Å²) in [5.41, 5.74) is 16.5. The monoisotopic (exact) mass is 914 g/mol. The topological polar surface area (TPSA) is 142 Å². The molecule has 9 aromatic carbocycles. The molecule has 72 heavy (non-hydrogen) atoms. The lowest BCUT2D eigenvalue weighted by Crippen LogP contribution is -2.04. The van der Waals surface area contributed by atoms with Gasteiger partial charge in [0.05, 0.1) is 85.5 Å². The Morgan fingerprint density at radius 2 is 0.625 bits per heavy atom. The fourth-order valence-corrected chi connectivity index (χ4v) is 10.1. The van der Waals surface area contributed by atoms with E-state index in [1.807, 2.05) is 91.0 Å². The predicted octanol–water partition coefficient (Wildman–Crippen LogP) is 15.0. The van der Waals surface area contributed by atoms with Crippen LogP contribution in [0.3, 0.4) is 0 Å². The summed E-state index contributed by atoms with van der Waals surface area (Å²) < 4.78 is 4.40. The SMILES string of the molecule is N#Cc1cccc(-c2ccc3c4ccc(-c5cccc(C#N)c5)cc4n(-c4cc(-c5ccncc5)c(-n5c6cc(-c7cccc(C#N)c7)ccc6c6ccc(-c7cccc(C#N)c7)cc65)cc4C#N)c3c2)c1. The molecule has 0 saturated carbocycles. The van der Waals surface area contributed by atoms with Crippen molar-refractivity contribution in [1.29, 1.82) is 26.3 Å². The van der Waals surface area contributed by atoms with Crippen LogP contribution in [0.4, 0.5) is 0 Å². The van der Waals surface area contributed by atoms with E-state index in [1.165, 1.54) is 0 Å². The smallest absolute Gasteiger partial charge is 0.101 e. The second-order valence-electron chi connectivity index (χ2n) is 17.6. The molecular formula is C64H34N8. The largest absolute Gasteiger partial charge is 0.309 e. The van der Waals surface area contributed by atoms with Crippen LogP contribution in [-0.2, 0) is 0 Å². The summed E-state index contributed by atoms with van der Waals surface area (Å²) >= 11 is 0. The molecule has 0 atom stereocenters. The molecule has 0 saturated heterocycles. The lowest BCUT2D eigenvalue weighted by Gasteiger charge is -2.19. The summed E-state index contributed by atoms with van der Waals surface area (Å²) in [6, 6.07) is 75.4. The summed E-state index contributed by atoms with van der Waals surface area (Å²) in [5.74, 6) is 0. The van der Waals surface area contributed by atoms with Crippen molar-refractivity contribution in [1.82, 2.24) is 14.1 Å². The molecule has 0 N–H and O–H groups in total. The first-order valence-electron chi connectivity index (χ1n) is 23.1. The third-order valence-electron chi connectivity index (χ3n) is 13.5. The van der Waals surface area contributed by atoms with Crippen LogP contribution in [-0.4, -0.2) is 14.1 Å². The van der Waals surface area contributed by atoms with Gasteiger partial charge < -0.3 is 9.13 Å². The molecule has 0 spiro atoms. The zero-order valence-electron chi connectivity index (χ0n) is 38.2. The maximum absolute atomic E-state index is 11.5. The Hall–Kier alpha value is -10.8. The van der Waals surface area contributed by atoms with E-state index < -0.39 is 0 Å². The van der Waals surface area contributed by atoms with Crippen molar-refractivity contribution in [3.8, 4) is 97.4 Å². The Kier molecular flexibility index (Phi) is 10.3. The Bertz CT molecular complexity index is 4230. The Labute approximate surface area is 413 Å². The number of hydrogen-bond acceptors (Lipinski definition) is 6. The number of pyridine rings is 1. The first-order valence-corrected chi connectivity index (χ1v) is 23.1. The van der Waals surface area contributed by atoms with E-state index in [0.29, 0.717) is 33.5 Å². The van der Waals surface area contributed by atoms with Crippen LogP contribution in [0, 0.1) is 56.7 Å². The number of nitrogens with zero attached hydrogens (tertiary/aromatic N) is 8. The standard InChI is InChI=1S/C64H34N8/c65-35-40-5-1-9-45(25-40)49-13-17-54-55-18-14-50(46-10-2-6-41(26-46)36-66)30-61(55)71(60(54)29-49)59-34-58(44-21-23-70-24-22-44)64(33-53(59)39-69)72-62-31-51(47-11-3-7-42(27-47)37-67)15-19-56(62)57-20-16-52(32-63(57)72)48-12-4-8-43(28-48)38-68/h1-34H. The molecule has 12 aromatic rings. The Balaban J connectivity index is 1.19. The van der Waals surface area contributed by atoms with Gasteiger partial charge in [-0.2, -0.15) is 26.3 Å². The van der Waals surface area contributed by atoms with Gasteiger partial charge in [0.25, 0.3) is 0 Å². The van der Waals surface area contributed by atoms with Gasteiger partial charge in [0.2, 0.25) is 0 Å². The van der Waals surface area contributed by atoms with Crippen molar-refractivity contribution < 1.29 is 0 Å². The molecule has 0 aliphatic heterocycles. The van der Waals surface area contributed by atoms with E-state index in [0.717, 1.165) is 105 Å². The molecule has 0 aliphatic rings. The molecule has 0 amide bonds. The second kappa shape index (κ2) is 17.4. The fraction of sp³-hybridized carbons (Fsp3) is 0. The van der Waals surface area contributed by atoms with Crippen LogP contribution >= 0.6 is 0 Å². The normalized spacial score (nSPS) is 11.0. The highest BCUT2D eigenvalue weighted by Gasteiger charge is 2.24. The molecule has 0 bridgehead atoms. The Morgan fingerprint density at radius 1 is 0.292 bits per heavy atom. The van der Waals surface area contributed by atoms with Crippen molar-refractivity contribution in [3.63, 3.8) is 0 Å². The van der Waals surface area contributed by atoms with E-state index in [2.05, 4.69) is 123 Å². The summed E-state index contributed by atoms with van der Waals surface area (Å²) in [7, 11) is 0. The minimum Gasteiger partial charge on any atom is -0.309 e. The minimum atomic E-state index is 0.418. The zero-order valence-corrected chi connectivity index (χ0v) is 38.2. The van der Waals surface area contributed by atoms with Gasteiger partial charge in [-0.15, -0.1) is 0 Å². The zero-order chi connectivity index (χ0) is 48.9. The molecule has 8 nitrogen and oxygen atoms in total. The lowest BCUT2D eigenvalue weighted by molar-refractivity contribution is 1.13. The van der Waals surface area contributed by atoms with Crippen LogP contribution in [0.5, 0.6) is 0 Å². The van der Waals surface area contributed by atoms with Crippen LogP contribution < -0.4 is 0 Å². The van der Waals surface area contributed by atoms with E-state index in [4.69, 9.17) is 0 Å². The fourth-order valence-electron chi connectivity index (χ4n) is 10.1. The summed E-state index contributed by atoms with van der Waals surface area (Å²) in [6.45, 7) is 0. The average Bonchev–Trinajstić information content (AvgIpc) is 3.95. The summed E-state index contributed by atoms with van der Waals surface area (Å²) in [4.78, 5) is 4.42. The lowest BCUT2D eigenvalue weighted by atomic mass is 9.99. The number of rotatable bonds is 7. The summed E-state index contributed by atoms with van der Waals surface area (Å²) in [5, 5.41) is 54.9.